The number of halogens is 3. The maximum atomic E-state index is 12.9. The van der Waals surface area contributed by atoms with Crippen LogP contribution in [0.15, 0.2) is 69.0 Å². The van der Waals surface area contributed by atoms with E-state index in [-0.39, 0.29) is 33.5 Å². The van der Waals surface area contributed by atoms with E-state index in [1.54, 1.807) is 43.3 Å². The van der Waals surface area contributed by atoms with Gasteiger partial charge in [-0.05, 0) is 60.5 Å². The van der Waals surface area contributed by atoms with Gasteiger partial charge in [0.15, 0.2) is 5.75 Å². The molecule has 1 heterocycles. The van der Waals surface area contributed by atoms with E-state index in [1.165, 1.54) is 23.0 Å². The van der Waals surface area contributed by atoms with E-state index >= 15 is 0 Å². The van der Waals surface area contributed by atoms with Gasteiger partial charge < -0.3 is 9.84 Å². The van der Waals surface area contributed by atoms with E-state index in [0.29, 0.717) is 22.3 Å². The molecule has 4 rings (SSSR count). The van der Waals surface area contributed by atoms with Crippen LogP contribution >= 0.6 is 39.1 Å². The number of hydrogen-bond acceptors (Lipinski definition) is 5. The van der Waals surface area contributed by atoms with Crippen LogP contribution in [0.4, 0.5) is 0 Å². The van der Waals surface area contributed by atoms with Crippen molar-refractivity contribution in [1.29, 1.82) is 0 Å². The number of nitrogens with zero attached hydrogens (tertiary/aromatic N) is 3. The summed E-state index contributed by atoms with van der Waals surface area (Å²) in [7, 11) is 0. The van der Waals surface area contributed by atoms with Gasteiger partial charge in [-0.3, -0.25) is 4.79 Å². The van der Waals surface area contributed by atoms with Gasteiger partial charge in [-0.25, -0.2) is 9.78 Å². The third-order valence-corrected chi connectivity index (χ3v) is 5.95. The van der Waals surface area contributed by atoms with Crippen molar-refractivity contribution >= 4 is 62.2 Å². The zero-order valence-corrected chi connectivity index (χ0v) is 20.7. The van der Waals surface area contributed by atoms with Crippen LogP contribution in [0.25, 0.3) is 10.9 Å². The molecule has 0 spiro atoms. The quantitative estimate of drug-likeness (QED) is 0.295. The summed E-state index contributed by atoms with van der Waals surface area (Å²) >= 11 is 16.1. The molecule has 0 saturated carbocycles. The van der Waals surface area contributed by atoms with Gasteiger partial charge in [0.1, 0.15) is 12.4 Å². The lowest BCUT2D eigenvalue weighted by Crippen LogP contribution is -2.20. The van der Waals surface area contributed by atoms with Crippen LogP contribution in [0.1, 0.15) is 27.3 Å². The predicted molar refractivity (Wildman–Crippen MR) is 136 cm³/mol. The average molecular weight is 561 g/mol. The second-order valence-corrected chi connectivity index (χ2v) is 9.02. The van der Waals surface area contributed by atoms with Crippen molar-refractivity contribution in [3.8, 4) is 5.75 Å². The number of aromatic nitrogens is 2. The number of aryl methyl sites for hydroxylation is 1. The fourth-order valence-corrected chi connectivity index (χ4v) is 4.19. The summed E-state index contributed by atoms with van der Waals surface area (Å²) in [6.07, 6.45) is 1.46. The summed E-state index contributed by atoms with van der Waals surface area (Å²) in [4.78, 5) is 28.3. The molecule has 0 aliphatic heterocycles. The number of carboxylic acid groups (broad SMARTS) is 1. The summed E-state index contributed by atoms with van der Waals surface area (Å²) in [5.41, 5.74) is 1.79. The van der Waals surface area contributed by atoms with Crippen molar-refractivity contribution in [2.45, 2.75) is 13.5 Å². The topological polar surface area (TPSA) is 93.8 Å². The molecule has 0 bridgehead atoms. The molecule has 0 saturated heterocycles. The number of aromatic carboxylic acids is 1. The minimum Gasteiger partial charge on any atom is -0.486 e. The number of rotatable bonds is 6. The summed E-state index contributed by atoms with van der Waals surface area (Å²) in [5.74, 6) is -0.281. The molecule has 0 aliphatic rings. The lowest BCUT2D eigenvalue weighted by Gasteiger charge is -2.11. The monoisotopic (exact) mass is 559 g/mol. The van der Waals surface area contributed by atoms with E-state index in [0.717, 1.165) is 10.0 Å². The van der Waals surface area contributed by atoms with Crippen molar-refractivity contribution in [1.82, 2.24) is 9.66 Å². The molecule has 1 N–H and O–H groups in total. The van der Waals surface area contributed by atoms with Gasteiger partial charge in [0, 0.05) is 4.47 Å². The van der Waals surface area contributed by atoms with E-state index in [2.05, 4.69) is 26.0 Å². The third kappa shape index (κ3) is 5.14. The highest BCUT2D eigenvalue weighted by molar-refractivity contribution is 9.10. The Morgan fingerprint density at radius 3 is 2.47 bits per heavy atom. The van der Waals surface area contributed by atoms with Crippen molar-refractivity contribution in [2.24, 2.45) is 5.10 Å². The van der Waals surface area contributed by atoms with Crippen molar-refractivity contribution in [3.05, 3.63) is 102 Å². The number of hydrogen-bond donors (Lipinski definition) is 1. The Balaban J connectivity index is 1.56. The van der Waals surface area contributed by atoms with Crippen molar-refractivity contribution in [2.75, 3.05) is 0 Å². The van der Waals surface area contributed by atoms with Gasteiger partial charge in [-0.1, -0.05) is 51.3 Å². The molecule has 3 aromatic carbocycles. The molecule has 0 unspecified atom stereocenters. The number of benzene rings is 3. The Morgan fingerprint density at radius 1 is 1.15 bits per heavy atom. The van der Waals surface area contributed by atoms with Crippen LogP contribution in [-0.2, 0) is 6.61 Å². The van der Waals surface area contributed by atoms with Crippen molar-refractivity contribution < 1.29 is 14.6 Å². The molecule has 0 atom stereocenters. The van der Waals surface area contributed by atoms with Crippen LogP contribution in [0.2, 0.25) is 10.0 Å². The first kappa shape index (κ1) is 23.9. The van der Waals surface area contributed by atoms with E-state index in [9.17, 15) is 9.59 Å². The highest BCUT2D eigenvalue weighted by Crippen LogP contribution is 2.34. The number of fused-ring (bicyclic) bond motifs is 1. The summed E-state index contributed by atoms with van der Waals surface area (Å²) in [5, 5.41) is 14.2. The highest BCUT2D eigenvalue weighted by atomic mass is 79.9. The second kappa shape index (κ2) is 9.97. The Bertz CT molecular complexity index is 1480. The molecule has 0 radical (unpaired) electrons. The number of carbonyl (C=O) groups is 1. The van der Waals surface area contributed by atoms with Gasteiger partial charge in [-0.2, -0.15) is 9.78 Å². The Kier molecular flexibility index (Phi) is 7.02. The molecule has 4 aromatic rings. The smallest absolute Gasteiger partial charge is 0.335 e. The molecule has 172 valence electrons. The van der Waals surface area contributed by atoms with Crippen LogP contribution in [0.5, 0.6) is 5.75 Å². The SMILES string of the molecule is Cc1nc2ccc(Br)cc2c(=O)n1N=Cc1cc(Cl)c(OCc2ccc(C(=O)O)cc2)c(Cl)c1. The van der Waals surface area contributed by atoms with Crippen LogP contribution in [0.3, 0.4) is 0 Å². The standard InChI is InChI=1S/C24H16BrCl2N3O4/c1-13-29-21-7-6-17(25)10-18(21)23(31)30(13)28-11-15-8-19(26)22(20(27)9-15)34-12-14-2-4-16(5-3-14)24(32)33/h2-11H,12H2,1H3,(H,32,33). The van der Waals surface area contributed by atoms with Gasteiger partial charge in [0.2, 0.25) is 0 Å². The van der Waals surface area contributed by atoms with E-state index in [4.69, 9.17) is 33.0 Å². The van der Waals surface area contributed by atoms with Crippen LogP contribution in [0, 0.1) is 6.92 Å². The van der Waals surface area contributed by atoms with Crippen molar-refractivity contribution in [3.63, 3.8) is 0 Å². The van der Waals surface area contributed by atoms with Crippen LogP contribution < -0.4 is 10.3 Å². The average Bonchev–Trinajstić information content (AvgIpc) is 2.79. The minimum absolute atomic E-state index is 0.152. The van der Waals surface area contributed by atoms with Gasteiger partial charge in [-0.15, -0.1) is 0 Å². The lowest BCUT2D eigenvalue weighted by molar-refractivity contribution is 0.0697. The molecule has 10 heteroatoms. The van der Waals surface area contributed by atoms with Gasteiger partial charge in [0.25, 0.3) is 5.56 Å². The highest BCUT2D eigenvalue weighted by Gasteiger charge is 2.11. The first-order chi connectivity index (χ1) is 16.2. The summed E-state index contributed by atoms with van der Waals surface area (Å²) in [6.45, 7) is 1.85. The van der Waals surface area contributed by atoms with Gasteiger partial charge in [0.05, 0.1) is 32.7 Å². The molecule has 7 nitrogen and oxygen atoms in total. The predicted octanol–water partition coefficient (Wildman–Crippen LogP) is 5.93. The molecule has 0 amide bonds. The minimum atomic E-state index is -0.999. The Hall–Kier alpha value is -3.20. The largest absolute Gasteiger partial charge is 0.486 e. The lowest BCUT2D eigenvalue weighted by atomic mass is 10.1. The molecule has 0 fully saturated rings. The second-order valence-electron chi connectivity index (χ2n) is 7.29. The van der Waals surface area contributed by atoms with E-state index in [1.807, 2.05) is 6.07 Å². The normalized spacial score (nSPS) is 11.3. The maximum absolute atomic E-state index is 12.9. The third-order valence-electron chi connectivity index (χ3n) is 4.90. The number of carboxylic acids is 1. The summed E-state index contributed by atoms with van der Waals surface area (Å²) in [6, 6.07) is 14.8. The Labute approximate surface area is 212 Å². The maximum Gasteiger partial charge on any atom is 0.335 e. The first-order valence-corrected chi connectivity index (χ1v) is 11.4. The van der Waals surface area contributed by atoms with Crippen LogP contribution in [-0.4, -0.2) is 27.0 Å². The molecule has 34 heavy (non-hydrogen) atoms. The fourth-order valence-electron chi connectivity index (χ4n) is 3.21. The number of ether oxygens (including phenoxy) is 1. The van der Waals surface area contributed by atoms with Gasteiger partial charge >= 0.3 is 5.97 Å². The Morgan fingerprint density at radius 2 is 1.82 bits per heavy atom. The fraction of sp³-hybridized carbons (Fsp3) is 0.0833. The molecular formula is C24H16BrCl2N3O4. The zero-order chi connectivity index (χ0) is 24.4. The first-order valence-electron chi connectivity index (χ1n) is 9.90. The molecule has 0 aliphatic carbocycles. The zero-order valence-electron chi connectivity index (χ0n) is 17.6. The molecule has 1 aromatic heterocycles. The molecular weight excluding hydrogens is 545 g/mol. The van der Waals surface area contributed by atoms with E-state index < -0.39 is 5.97 Å². The summed E-state index contributed by atoms with van der Waals surface area (Å²) < 4.78 is 7.72.